The highest BCUT2D eigenvalue weighted by Crippen LogP contribution is 2.38. The first-order valence-corrected chi connectivity index (χ1v) is 11.0. The van der Waals surface area contributed by atoms with E-state index in [1.807, 2.05) is 12.2 Å². The fourth-order valence-corrected chi connectivity index (χ4v) is 3.67. The Morgan fingerprint density at radius 1 is 1.12 bits per heavy atom. The van der Waals surface area contributed by atoms with Crippen LogP contribution in [-0.2, 0) is 14.4 Å². The molecule has 8 nitrogen and oxygen atoms in total. The summed E-state index contributed by atoms with van der Waals surface area (Å²) in [6.07, 6.45) is 13.2. The fourth-order valence-electron chi connectivity index (χ4n) is 3.47. The van der Waals surface area contributed by atoms with Crippen molar-refractivity contribution in [3.05, 3.63) is 52.2 Å². The van der Waals surface area contributed by atoms with Gasteiger partial charge in [-0.2, -0.15) is 0 Å². The SMILES string of the molecule is O=C1OCC=CCC/C=C/C(NOCC(=O)N2CCCCC2)=C/c2c(Cl)c(O)cc(O)c21. The molecule has 0 spiro atoms. The van der Waals surface area contributed by atoms with E-state index in [1.54, 1.807) is 17.1 Å². The second kappa shape index (κ2) is 11.6. The number of benzene rings is 1. The lowest BCUT2D eigenvalue weighted by Crippen LogP contribution is -2.39. The van der Waals surface area contributed by atoms with Gasteiger partial charge in [0.15, 0.2) is 6.61 Å². The van der Waals surface area contributed by atoms with Crippen molar-refractivity contribution >= 4 is 29.6 Å². The molecule has 0 saturated carbocycles. The van der Waals surface area contributed by atoms with Crippen LogP contribution in [0.5, 0.6) is 11.5 Å². The summed E-state index contributed by atoms with van der Waals surface area (Å²) in [5, 5.41) is 20.2. The zero-order valence-electron chi connectivity index (χ0n) is 17.7. The molecule has 0 atom stereocenters. The largest absolute Gasteiger partial charge is 0.507 e. The highest BCUT2D eigenvalue weighted by atomic mass is 35.5. The molecule has 3 N–H and O–H groups in total. The summed E-state index contributed by atoms with van der Waals surface area (Å²) < 4.78 is 5.20. The number of likely N-dealkylation sites (tertiary alicyclic amines) is 1. The molecule has 32 heavy (non-hydrogen) atoms. The van der Waals surface area contributed by atoms with Crippen LogP contribution >= 0.6 is 11.6 Å². The monoisotopic (exact) mass is 462 g/mol. The molecule has 1 aromatic carbocycles. The number of allylic oxidation sites excluding steroid dienone is 3. The van der Waals surface area contributed by atoms with E-state index in [0.717, 1.165) is 44.8 Å². The number of carbonyl (C=O) groups is 2. The highest BCUT2D eigenvalue weighted by molar-refractivity contribution is 6.34. The predicted molar refractivity (Wildman–Crippen MR) is 120 cm³/mol. The minimum absolute atomic E-state index is 0.0382. The van der Waals surface area contributed by atoms with E-state index in [4.69, 9.17) is 21.2 Å². The number of piperidine rings is 1. The average Bonchev–Trinajstić information content (AvgIpc) is 2.80. The number of hydrogen-bond acceptors (Lipinski definition) is 7. The summed E-state index contributed by atoms with van der Waals surface area (Å²) in [6, 6.07) is 0.987. The Morgan fingerprint density at radius 2 is 1.88 bits per heavy atom. The Kier molecular flexibility index (Phi) is 8.58. The van der Waals surface area contributed by atoms with E-state index in [0.29, 0.717) is 12.1 Å². The second-order valence-electron chi connectivity index (χ2n) is 7.50. The van der Waals surface area contributed by atoms with E-state index in [9.17, 15) is 19.8 Å². The van der Waals surface area contributed by atoms with Gasteiger partial charge in [0.2, 0.25) is 0 Å². The zero-order valence-corrected chi connectivity index (χ0v) is 18.4. The summed E-state index contributed by atoms with van der Waals surface area (Å²) in [7, 11) is 0. The lowest BCUT2D eigenvalue weighted by molar-refractivity contribution is -0.139. The Labute approximate surface area is 191 Å². The normalized spacial score (nSPS) is 20.0. The lowest BCUT2D eigenvalue weighted by Gasteiger charge is -2.26. The first-order chi connectivity index (χ1) is 15.5. The van der Waals surface area contributed by atoms with Crippen molar-refractivity contribution in [3.8, 4) is 11.5 Å². The van der Waals surface area contributed by atoms with Crippen LogP contribution < -0.4 is 5.48 Å². The van der Waals surface area contributed by atoms with Crippen LogP contribution in [0.2, 0.25) is 5.02 Å². The Hall–Kier alpha value is -2.97. The van der Waals surface area contributed by atoms with E-state index in [2.05, 4.69) is 5.48 Å². The van der Waals surface area contributed by atoms with Crippen molar-refractivity contribution in [2.45, 2.75) is 32.1 Å². The molecule has 1 aromatic rings. The van der Waals surface area contributed by atoms with Gasteiger partial charge < -0.3 is 19.8 Å². The number of nitrogens with one attached hydrogen (secondary N) is 1. The molecule has 0 aliphatic carbocycles. The summed E-state index contributed by atoms with van der Waals surface area (Å²) in [4.78, 5) is 32.1. The maximum atomic E-state index is 12.6. The van der Waals surface area contributed by atoms with Gasteiger partial charge >= 0.3 is 5.97 Å². The quantitative estimate of drug-likeness (QED) is 0.355. The number of halogens is 1. The molecule has 1 fully saturated rings. The van der Waals surface area contributed by atoms with Crippen LogP contribution in [0, 0.1) is 0 Å². The van der Waals surface area contributed by atoms with E-state index in [1.165, 1.54) is 6.08 Å². The molecule has 0 bridgehead atoms. The number of phenolic OH excluding ortho intramolecular Hbond substituents is 2. The number of ether oxygens (including phenoxy) is 1. The summed E-state index contributed by atoms with van der Waals surface area (Å²) in [5.41, 5.74) is 2.97. The van der Waals surface area contributed by atoms with Gasteiger partial charge in [-0.1, -0.05) is 29.8 Å². The van der Waals surface area contributed by atoms with Crippen molar-refractivity contribution in [1.29, 1.82) is 0 Å². The summed E-state index contributed by atoms with van der Waals surface area (Å²) in [5.74, 6) is -1.76. The molecule has 0 unspecified atom stereocenters. The fraction of sp³-hybridized carbons (Fsp3) is 0.391. The zero-order chi connectivity index (χ0) is 22.9. The van der Waals surface area contributed by atoms with Gasteiger partial charge in [-0.3, -0.25) is 15.1 Å². The topological polar surface area (TPSA) is 108 Å². The molecule has 9 heteroatoms. The molecule has 2 aliphatic heterocycles. The van der Waals surface area contributed by atoms with E-state index < -0.39 is 11.7 Å². The maximum Gasteiger partial charge on any atom is 0.342 e. The second-order valence-corrected chi connectivity index (χ2v) is 7.88. The first-order valence-electron chi connectivity index (χ1n) is 10.6. The standard InChI is InChI=1S/C23H27ClN2O6/c24-22-17-13-16(25-32-15-20(29)26-10-6-4-7-11-26)9-5-2-1-3-8-12-31-23(30)21(17)18(27)14-19(22)28/h3,5,8-9,13-14,25,27-28H,1-2,4,6-7,10-12,15H2/b8-3?,9-5+,16-13-. The maximum absolute atomic E-state index is 12.6. The van der Waals surface area contributed by atoms with Gasteiger partial charge in [0, 0.05) is 24.7 Å². The third-order valence-corrected chi connectivity index (χ3v) is 5.53. The first kappa shape index (κ1) is 23.7. The smallest absolute Gasteiger partial charge is 0.342 e. The Balaban J connectivity index is 1.86. The van der Waals surface area contributed by atoms with Crippen LogP contribution in [0.3, 0.4) is 0 Å². The number of hydroxylamine groups is 1. The third kappa shape index (κ3) is 6.27. The van der Waals surface area contributed by atoms with Crippen molar-refractivity contribution < 1.29 is 29.4 Å². The van der Waals surface area contributed by atoms with Crippen LogP contribution in [0.1, 0.15) is 48.0 Å². The van der Waals surface area contributed by atoms with E-state index in [-0.39, 0.29) is 41.0 Å². The molecular formula is C23H27ClN2O6. The number of cyclic esters (lactones) is 1. The van der Waals surface area contributed by atoms with Gasteiger partial charge in [0.05, 0.1) is 10.7 Å². The van der Waals surface area contributed by atoms with Gasteiger partial charge in [0.1, 0.15) is 23.7 Å². The highest BCUT2D eigenvalue weighted by Gasteiger charge is 2.23. The minimum atomic E-state index is -0.788. The van der Waals surface area contributed by atoms with Crippen molar-refractivity contribution in [1.82, 2.24) is 10.4 Å². The van der Waals surface area contributed by atoms with Gasteiger partial charge in [-0.15, -0.1) is 0 Å². The molecule has 2 aliphatic rings. The third-order valence-electron chi connectivity index (χ3n) is 5.13. The molecular weight excluding hydrogens is 436 g/mol. The van der Waals surface area contributed by atoms with Crippen LogP contribution in [0.25, 0.3) is 6.08 Å². The molecule has 1 saturated heterocycles. The number of nitrogens with zero attached hydrogens (tertiary/aromatic N) is 1. The van der Waals surface area contributed by atoms with Crippen molar-refractivity contribution in [2.75, 3.05) is 26.3 Å². The number of aromatic hydroxyl groups is 2. The molecule has 2 heterocycles. The van der Waals surface area contributed by atoms with Crippen molar-refractivity contribution in [3.63, 3.8) is 0 Å². The van der Waals surface area contributed by atoms with Crippen LogP contribution in [0.15, 0.2) is 36.1 Å². The number of hydrogen-bond donors (Lipinski definition) is 3. The number of phenols is 2. The summed E-state index contributed by atoms with van der Waals surface area (Å²) in [6.45, 7) is 1.32. The van der Waals surface area contributed by atoms with Crippen LogP contribution in [-0.4, -0.2) is 53.3 Å². The average molecular weight is 463 g/mol. The molecule has 1 amide bonds. The predicted octanol–water partition coefficient (Wildman–Crippen LogP) is 3.69. The number of fused-ring (bicyclic) bond motifs is 1. The molecule has 3 rings (SSSR count). The van der Waals surface area contributed by atoms with Crippen LogP contribution in [0.4, 0.5) is 0 Å². The number of carbonyl (C=O) groups excluding carboxylic acids is 2. The lowest BCUT2D eigenvalue weighted by atomic mass is 10.0. The number of rotatable bonds is 4. The molecule has 172 valence electrons. The molecule has 0 radical (unpaired) electrons. The Morgan fingerprint density at radius 3 is 2.66 bits per heavy atom. The Bertz CT molecular complexity index is 935. The minimum Gasteiger partial charge on any atom is -0.507 e. The van der Waals surface area contributed by atoms with Crippen molar-refractivity contribution in [2.24, 2.45) is 0 Å². The molecule has 0 aromatic heterocycles. The number of amides is 1. The van der Waals surface area contributed by atoms with E-state index >= 15 is 0 Å². The number of esters is 1. The summed E-state index contributed by atoms with van der Waals surface area (Å²) >= 11 is 6.24. The van der Waals surface area contributed by atoms with Gasteiger partial charge in [0.25, 0.3) is 5.91 Å². The van der Waals surface area contributed by atoms with Gasteiger partial charge in [-0.05, 0) is 44.3 Å². The van der Waals surface area contributed by atoms with Gasteiger partial charge in [-0.25, -0.2) is 4.79 Å².